The first kappa shape index (κ1) is 19.2. The molecular formula is C26H31N. The first-order valence-electron chi connectivity index (χ1n) is 9.68. The Labute approximate surface area is 164 Å². The van der Waals surface area contributed by atoms with Crippen molar-refractivity contribution in [1.82, 2.24) is 0 Å². The highest BCUT2D eigenvalue weighted by Gasteiger charge is 2.23. The van der Waals surface area contributed by atoms with E-state index in [2.05, 4.69) is 97.0 Å². The fraction of sp³-hybridized carbons (Fsp3) is 0.308. The molecule has 27 heavy (non-hydrogen) atoms. The van der Waals surface area contributed by atoms with E-state index >= 15 is 0 Å². The first-order valence-corrected chi connectivity index (χ1v) is 9.68. The van der Waals surface area contributed by atoms with Gasteiger partial charge in [0.25, 0.3) is 0 Å². The van der Waals surface area contributed by atoms with Crippen LogP contribution in [0.15, 0.2) is 48.5 Å². The van der Waals surface area contributed by atoms with Crippen LogP contribution < -0.4 is 5.73 Å². The Morgan fingerprint density at radius 3 is 1.52 bits per heavy atom. The molecule has 3 rings (SSSR count). The van der Waals surface area contributed by atoms with E-state index in [1.54, 1.807) is 0 Å². The summed E-state index contributed by atoms with van der Waals surface area (Å²) in [7, 11) is 0. The van der Waals surface area contributed by atoms with Crippen LogP contribution in [0.3, 0.4) is 0 Å². The summed E-state index contributed by atoms with van der Waals surface area (Å²) in [5.41, 5.74) is 18.8. The van der Waals surface area contributed by atoms with Crippen LogP contribution in [0.25, 0.3) is 22.3 Å². The maximum atomic E-state index is 6.56. The Morgan fingerprint density at radius 1 is 0.593 bits per heavy atom. The van der Waals surface area contributed by atoms with E-state index in [-0.39, 0.29) is 5.41 Å². The molecule has 0 fully saturated rings. The van der Waals surface area contributed by atoms with E-state index in [1.165, 1.54) is 44.5 Å². The van der Waals surface area contributed by atoms with E-state index in [4.69, 9.17) is 5.73 Å². The molecule has 3 aromatic carbocycles. The normalized spacial score (nSPS) is 11.7. The maximum Gasteiger partial charge on any atom is 0.0400 e. The molecule has 0 saturated heterocycles. The molecule has 0 aliphatic rings. The van der Waals surface area contributed by atoms with Gasteiger partial charge in [-0.3, -0.25) is 0 Å². The molecule has 1 heteroatoms. The monoisotopic (exact) mass is 357 g/mol. The molecule has 0 aliphatic heterocycles. The summed E-state index contributed by atoms with van der Waals surface area (Å²) in [6.07, 6.45) is 0. The van der Waals surface area contributed by atoms with Gasteiger partial charge in [0.1, 0.15) is 0 Å². The number of aryl methyl sites for hydroxylation is 4. The third-order valence-electron chi connectivity index (χ3n) is 5.64. The molecule has 0 saturated carbocycles. The Hall–Kier alpha value is -2.54. The van der Waals surface area contributed by atoms with Crippen molar-refractivity contribution in [1.29, 1.82) is 0 Å². The van der Waals surface area contributed by atoms with Crippen molar-refractivity contribution in [3.63, 3.8) is 0 Å². The number of nitrogens with two attached hydrogens (primary N) is 1. The SMILES string of the molecule is Cc1ccc(-c2c(N)ccc(C(C)(C)C)c2-c2ccc(C)c(C)c2)cc1C. The van der Waals surface area contributed by atoms with E-state index in [9.17, 15) is 0 Å². The highest BCUT2D eigenvalue weighted by Crippen LogP contribution is 2.44. The number of rotatable bonds is 2. The number of anilines is 1. The van der Waals surface area contributed by atoms with Crippen LogP contribution in [0.5, 0.6) is 0 Å². The Kier molecular flexibility index (Phi) is 4.90. The number of benzene rings is 3. The van der Waals surface area contributed by atoms with Gasteiger partial charge < -0.3 is 5.73 Å². The van der Waals surface area contributed by atoms with Crippen molar-refractivity contribution in [2.24, 2.45) is 0 Å². The number of nitrogen functional groups attached to an aromatic ring is 1. The van der Waals surface area contributed by atoms with E-state index in [0.717, 1.165) is 11.3 Å². The van der Waals surface area contributed by atoms with E-state index in [1.807, 2.05) is 0 Å². The highest BCUT2D eigenvalue weighted by atomic mass is 14.6. The summed E-state index contributed by atoms with van der Waals surface area (Å²) in [5, 5.41) is 0. The topological polar surface area (TPSA) is 26.0 Å². The molecule has 0 unspecified atom stereocenters. The van der Waals surface area contributed by atoms with Crippen molar-refractivity contribution in [3.05, 3.63) is 76.3 Å². The Balaban J connectivity index is 2.41. The molecule has 0 atom stereocenters. The van der Waals surface area contributed by atoms with Crippen LogP contribution in [-0.2, 0) is 5.41 Å². The van der Waals surface area contributed by atoms with Crippen LogP contribution in [0, 0.1) is 27.7 Å². The predicted octanol–water partition coefficient (Wildman–Crippen LogP) is 7.13. The Morgan fingerprint density at radius 2 is 1.07 bits per heavy atom. The van der Waals surface area contributed by atoms with Gasteiger partial charge in [0.2, 0.25) is 0 Å². The van der Waals surface area contributed by atoms with Gasteiger partial charge in [0, 0.05) is 11.3 Å². The van der Waals surface area contributed by atoms with Gasteiger partial charge in [-0.2, -0.15) is 0 Å². The van der Waals surface area contributed by atoms with Crippen LogP contribution >= 0.6 is 0 Å². The van der Waals surface area contributed by atoms with Gasteiger partial charge >= 0.3 is 0 Å². The molecule has 0 heterocycles. The zero-order valence-electron chi connectivity index (χ0n) is 17.7. The lowest BCUT2D eigenvalue weighted by atomic mass is 9.78. The summed E-state index contributed by atoms with van der Waals surface area (Å²) >= 11 is 0. The molecule has 2 N–H and O–H groups in total. The minimum absolute atomic E-state index is 0.0241. The molecule has 0 radical (unpaired) electrons. The van der Waals surface area contributed by atoms with Crippen molar-refractivity contribution in [2.45, 2.75) is 53.9 Å². The second-order valence-corrected chi connectivity index (χ2v) is 8.80. The third-order valence-corrected chi connectivity index (χ3v) is 5.64. The molecule has 0 amide bonds. The summed E-state index contributed by atoms with van der Waals surface area (Å²) in [5.74, 6) is 0. The summed E-state index contributed by atoms with van der Waals surface area (Å²) in [6.45, 7) is 15.5. The molecule has 0 spiro atoms. The summed E-state index contributed by atoms with van der Waals surface area (Å²) in [4.78, 5) is 0. The van der Waals surface area contributed by atoms with Crippen molar-refractivity contribution in [3.8, 4) is 22.3 Å². The molecule has 140 valence electrons. The average molecular weight is 358 g/mol. The predicted molar refractivity (Wildman–Crippen MR) is 119 cm³/mol. The van der Waals surface area contributed by atoms with Crippen molar-refractivity contribution >= 4 is 5.69 Å². The van der Waals surface area contributed by atoms with Gasteiger partial charge in [-0.15, -0.1) is 0 Å². The second-order valence-electron chi connectivity index (χ2n) is 8.80. The lowest BCUT2D eigenvalue weighted by molar-refractivity contribution is 0.592. The first-order chi connectivity index (χ1) is 12.6. The van der Waals surface area contributed by atoms with Crippen LogP contribution in [-0.4, -0.2) is 0 Å². The zero-order chi connectivity index (χ0) is 19.9. The fourth-order valence-electron chi connectivity index (χ4n) is 3.65. The zero-order valence-corrected chi connectivity index (χ0v) is 17.7. The smallest absolute Gasteiger partial charge is 0.0400 e. The fourth-order valence-corrected chi connectivity index (χ4v) is 3.65. The van der Waals surface area contributed by atoms with Gasteiger partial charge in [0.15, 0.2) is 0 Å². The summed E-state index contributed by atoms with van der Waals surface area (Å²) < 4.78 is 0. The number of hydrogen-bond acceptors (Lipinski definition) is 1. The number of hydrogen-bond donors (Lipinski definition) is 1. The van der Waals surface area contributed by atoms with Crippen LogP contribution in [0.4, 0.5) is 5.69 Å². The molecule has 0 aliphatic carbocycles. The van der Waals surface area contributed by atoms with Gasteiger partial charge in [-0.25, -0.2) is 0 Å². The highest BCUT2D eigenvalue weighted by molar-refractivity contribution is 5.93. The van der Waals surface area contributed by atoms with Crippen molar-refractivity contribution < 1.29 is 0 Å². The van der Waals surface area contributed by atoms with Crippen molar-refractivity contribution in [2.75, 3.05) is 5.73 Å². The van der Waals surface area contributed by atoms with E-state index in [0.29, 0.717) is 0 Å². The average Bonchev–Trinajstić information content (AvgIpc) is 2.58. The minimum Gasteiger partial charge on any atom is -0.398 e. The largest absolute Gasteiger partial charge is 0.398 e. The molecule has 0 aromatic heterocycles. The molecular weight excluding hydrogens is 326 g/mol. The Bertz CT molecular complexity index is 1000. The minimum atomic E-state index is 0.0241. The van der Waals surface area contributed by atoms with Gasteiger partial charge in [-0.05, 0) is 83.7 Å². The second kappa shape index (κ2) is 6.88. The standard InChI is InChI=1S/C26H31N/c1-16-8-10-20(14-18(16)3)24-22(26(5,6)7)12-13-23(27)25(24)21-11-9-17(2)19(4)15-21/h8-15H,27H2,1-7H3. The lowest BCUT2D eigenvalue weighted by Crippen LogP contribution is -2.14. The lowest BCUT2D eigenvalue weighted by Gasteiger charge is -2.27. The van der Waals surface area contributed by atoms with Crippen LogP contribution in [0.2, 0.25) is 0 Å². The van der Waals surface area contributed by atoms with E-state index < -0.39 is 0 Å². The third kappa shape index (κ3) is 3.64. The van der Waals surface area contributed by atoms with Crippen LogP contribution in [0.1, 0.15) is 48.6 Å². The van der Waals surface area contributed by atoms with Gasteiger partial charge in [0.05, 0.1) is 0 Å². The van der Waals surface area contributed by atoms with Gasteiger partial charge in [-0.1, -0.05) is 63.2 Å². The maximum absolute atomic E-state index is 6.56. The molecule has 0 bridgehead atoms. The summed E-state index contributed by atoms with van der Waals surface area (Å²) in [6, 6.07) is 17.7. The molecule has 3 aromatic rings. The quantitative estimate of drug-likeness (QED) is 0.485. The molecule has 1 nitrogen and oxygen atoms in total.